The number of pyridine rings is 1. The van der Waals surface area contributed by atoms with E-state index in [0.29, 0.717) is 0 Å². The summed E-state index contributed by atoms with van der Waals surface area (Å²) in [5.74, 6) is -0.325. The van der Waals surface area contributed by atoms with E-state index in [-0.39, 0.29) is 12.4 Å². The molecule has 0 aliphatic carbocycles. The summed E-state index contributed by atoms with van der Waals surface area (Å²) in [6, 6.07) is 7.20. The van der Waals surface area contributed by atoms with Crippen molar-refractivity contribution in [1.29, 1.82) is 0 Å². The zero-order valence-corrected chi connectivity index (χ0v) is 11.5. The van der Waals surface area contributed by atoms with E-state index < -0.39 is 6.04 Å². The van der Waals surface area contributed by atoms with E-state index in [2.05, 4.69) is 25.7 Å². The van der Waals surface area contributed by atoms with Crippen LogP contribution in [-0.2, 0) is 9.53 Å². The fourth-order valence-electron chi connectivity index (χ4n) is 1.83. The lowest BCUT2D eigenvalue weighted by molar-refractivity contribution is -0.141. The Labute approximate surface area is 113 Å². The Morgan fingerprint density at radius 3 is 3.00 bits per heavy atom. The Balaban J connectivity index is 2.45. The summed E-state index contributed by atoms with van der Waals surface area (Å²) in [7, 11) is 1.35. The first-order valence-corrected chi connectivity index (χ1v) is 6.28. The number of nitrogens with zero attached hydrogens (tertiary/aromatic N) is 1. The predicted octanol–water partition coefficient (Wildman–Crippen LogP) is 2.56. The first-order valence-electron chi connectivity index (χ1n) is 5.49. The van der Waals surface area contributed by atoms with Crippen LogP contribution in [0.2, 0.25) is 0 Å². The third kappa shape index (κ3) is 2.52. The lowest BCUT2D eigenvalue weighted by Crippen LogP contribution is -2.16. The first-order chi connectivity index (χ1) is 8.63. The van der Waals surface area contributed by atoms with Crippen LogP contribution in [0.1, 0.15) is 18.0 Å². The number of halogens is 1. The second-order valence-electron chi connectivity index (χ2n) is 3.92. The molecule has 1 atom stereocenters. The van der Waals surface area contributed by atoms with Crippen molar-refractivity contribution in [2.24, 2.45) is 5.73 Å². The number of hydrogen-bond donors (Lipinski definition) is 1. The molecule has 1 aromatic heterocycles. The van der Waals surface area contributed by atoms with Crippen LogP contribution in [-0.4, -0.2) is 18.1 Å². The molecule has 0 spiro atoms. The van der Waals surface area contributed by atoms with Crippen molar-refractivity contribution in [3.05, 3.63) is 40.5 Å². The Hall–Kier alpha value is -1.46. The van der Waals surface area contributed by atoms with Crippen LogP contribution < -0.4 is 5.73 Å². The van der Waals surface area contributed by atoms with Crippen LogP contribution >= 0.6 is 15.9 Å². The molecular weight excluding hydrogens is 296 g/mol. The van der Waals surface area contributed by atoms with Gasteiger partial charge in [0.15, 0.2) is 0 Å². The Morgan fingerprint density at radius 1 is 1.50 bits per heavy atom. The van der Waals surface area contributed by atoms with E-state index in [4.69, 9.17) is 5.73 Å². The zero-order valence-electron chi connectivity index (χ0n) is 9.89. The van der Waals surface area contributed by atoms with Crippen molar-refractivity contribution < 1.29 is 9.53 Å². The molecule has 0 aliphatic heterocycles. The molecule has 0 unspecified atom stereocenters. The van der Waals surface area contributed by atoms with E-state index in [1.165, 1.54) is 7.11 Å². The van der Waals surface area contributed by atoms with Crippen LogP contribution in [0.25, 0.3) is 10.9 Å². The quantitative estimate of drug-likeness (QED) is 0.885. The summed E-state index contributed by atoms with van der Waals surface area (Å²) >= 11 is 3.47. The maximum Gasteiger partial charge on any atom is 0.307 e. The molecule has 94 valence electrons. The molecule has 0 saturated carbocycles. The number of methoxy groups -OCH3 is 1. The minimum absolute atomic E-state index is 0.143. The molecular formula is C13H13BrN2O2. The minimum atomic E-state index is -0.414. The van der Waals surface area contributed by atoms with Gasteiger partial charge in [0.1, 0.15) is 0 Å². The monoisotopic (exact) mass is 308 g/mol. The predicted molar refractivity (Wildman–Crippen MR) is 73.0 cm³/mol. The van der Waals surface area contributed by atoms with Gasteiger partial charge in [0.2, 0.25) is 0 Å². The number of carbonyl (C=O) groups excluding carboxylic acids is 1. The molecule has 1 heterocycles. The molecule has 2 N–H and O–H groups in total. The zero-order chi connectivity index (χ0) is 13.1. The number of fused-ring (bicyclic) bond motifs is 1. The Morgan fingerprint density at radius 2 is 2.28 bits per heavy atom. The van der Waals surface area contributed by atoms with E-state index in [9.17, 15) is 4.79 Å². The fourth-order valence-corrected chi connectivity index (χ4v) is 2.28. The van der Waals surface area contributed by atoms with Crippen LogP contribution in [0.5, 0.6) is 0 Å². The van der Waals surface area contributed by atoms with E-state index in [1.807, 2.05) is 24.3 Å². The van der Waals surface area contributed by atoms with Crippen LogP contribution in [0.3, 0.4) is 0 Å². The average molecular weight is 309 g/mol. The maximum absolute atomic E-state index is 11.3. The van der Waals surface area contributed by atoms with Gasteiger partial charge in [0.05, 0.1) is 19.0 Å². The topological polar surface area (TPSA) is 65.2 Å². The molecule has 0 amide bonds. The smallest absolute Gasteiger partial charge is 0.307 e. The van der Waals surface area contributed by atoms with Crippen molar-refractivity contribution >= 4 is 32.8 Å². The third-order valence-electron chi connectivity index (χ3n) is 2.76. The van der Waals surface area contributed by atoms with Gasteiger partial charge in [-0.2, -0.15) is 0 Å². The summed E-state index contributed by atoms with van der Waals surface area (Å²) < 4.78 is 5.59. The molecule has 18 heavy (non-hydrogen) atoms. The molecule has 0 saturated heterocycles. The minimum Gasteiger partial charge on any atom is -0.469 e. The molecule has 2 aromatic rings. The lowest BCUT2D eigenvalue weighted by Gasteiger charge is -2.13. The van der Waals surface area contributed by atoms with Crippen molar-refractivity contribution in [3.8, 4) is 0 Å². The Bertz CT molecular complexity index is 586. The van der Waals surface area contributed by atoms with Crippen LogP contribution in [0.4, 0.5) is 0 Å². The van der Waals surface area contributed by atoms with Crippen molar-refractivity contribution in [2.45, 2.75) is 12.5 Å². The fraction of sp³-hybridized carbons (Fsp3) is 0.231. The molecule has 0 aliphatic rings. The number of nitrogens with two attached hydrogens (primary N) is 1. The summed E-state index contributed by atoms with van der Waals surface area (Å²) in [5, 5.41) is 0.982. The van der Waals surface area contributed by atoms with E-state index in [1.54, 1.807) is 6.20 Å². The summed E-state index contributed by atoms with van der Waals surface area (Å²) in [6.45, 7) is 0. The molecule has 4 nitrogen and oxygen atoms in total. The van der Waals surface area contributed by atoms with Gasteiger partial charge in [-0.15, -0.1) is 0 Å². The summed E-state index contributed by atoms with van der Waals surface area (Å²) in [5.41, 5.74) is 7.69. The third-order valence-corrected chi connectivity index (χ3v) is 3.45. The van der Waals surface area contributed by atoms with Gasteiger partial charge in [-0.1, -0.05) is 28.1 Å². The molecule has 5 heteroatoms. The molecule has 1 aromatic carbocycles. The second kappa shape index (κ2) is 5.46. The van der Waals surface area contributed by atoms with E-state index >= 15 is 0 Å². The number of benzene rings is 1. The van der Waals surface area contributed by atoms with Crippen molar-refractivity contribution in [1.82, 2.24) is 4.98 Å². The molecule has 2 rings (SSSR count). The first kappa shape index (κ1) is 13.0. The number of aromatic nitrogens is 1. The summed E-state index contributed by atoms with van der Waals surface area (Å²) in [6.07, 6.45) is 1.85. The van der Waals surface area contributed by atoms with Gasteiger partial charge in [0, 0.05) is 22.1 Å². The van der Waals surface area contributed by atoms with Crippen molar-refractivity contribution in [3.63, 3.8) is 0 Å². The second-order valence-corrected chi connectivity index (χ2v) is 4.78. The number of rotatable bonds is 3. The maximum atomic E-state index is 11.3. The lowest BCUT2D eigenvalue weighted by atomic mass is 10.0. The van der Waals surface area contributed by atoms with Crippen molar-refractivity contribution in [2.75, 3.05) is 7.11 Å². The number of carbonyl (C=O) groups is 1. The molecule has 0 fully saturated rings. The van der Waals surface area contributed by atoms with Gasteiger partial charge < -0.3 is 10.5 Å². The standard InChI is InChI=1S/C13H13BrN2O2/c1-18-12(17)7-11(15)9-4-5-10(14)8-3-2-6-16-13(8)9/h2-6,11H,7,15H2,1H3/t11-/m0/s1. The highest BCUT2D eigenvalue weighted by molar-refractivity contribution is 9.10. The van der Waals surface area contributed by atoms with E-state index in [0.717, 1.165) is 20.9 Å². The van der Waals surface area contributed by atoms with Crippen LogP contribution in [0.15, 0.2) is 34.9 Å². The van der Waals surface area contributed by atoms with Gasteiger partial charge in [-0.3, -0.25) is 9.78 Å². The van der Waals surface area contributed by atoms with Gasteiger partial charge in [0.25, 0.3) is 0 Å². The highest BCUT2D eigenvalue weighted by Gasteiger charge is 2.16. The van der Waals surface area contributed by atoms with Crippen LogP contribution in [0, 0.1) is 0 Å². The van der Waals surface area contributed by atoms with Gasteiger partial charge >= 0.3 is 5.97 Å². The Kier molecular flexibility index (Phi) is 3.93. The van der Waals surface area contributed by atoms with Gasteiger partial charge in [-0.25, -0.2) is 0 Å². The number of ether oxygens (including phenoxy) is 1. The highest BCUT2D eigenvalue weighted by atomic mass is 79.9. The SMILES string of the molecule is COC(=O)C[C@H](N)c1ccc(Br)c2cccnc12. The molecule has 0 radical (unpaired) electrons. The highest BCUT2D eigenvalue weighted by Crippen LogP contribution is 2.29. The van der Waals surface area contributed by atoms with Gasteiger partial charge in [-0.05, 0) is 17.7 Å². The largest absolute Gasteiger partial charge is 0.469 e. The number of esters is 1. The normalized spacial score (nSPS) is 12.4. The average Bonchev–Trinajstić information content (AvgIpc) is 2.39. The number of hydrogen-bond acceptors (Lipinski definition) is 4. The molecule has 0 bridgehead atoms. The summed E-state index contributed by atoms with van der Waals surface area (Å²) in [4.78, 5) is 15.6.